The van der Waals surface area contributed by atoms with Gasteiger partial charge in [0.1, 0.15) is 0 Å². The van der Waals surface area contributed by atoms with Gasteiger partial charge in [0.05, 0.1) is 18.4 Å². The molecule has 0 aliphatic heterocycles. The fourth-order valence-corrected chi connectivity index (χ4v) is 2.34. The van der Waals surface area contributed by atoms with E-state index in [0.29, 0.717) is 19.4 Å². The fraction of sp³-hybridized carbons (Fsp3) is 0.769. The van der Waals surface area contributed by atoms with E-state index in [2.05, 4.69) is 10.6 Å². The Morgan fingerprint density at radius 2 is 1.85 bits per heavy atom. The molecule has 20 heavy (non-hydrogen) atoms. The number of hydrogen-bond donors (Lipinski definition) is 3. The zero-order chi connectivity index (χ0) is 15.0. The minimum atomic E-state index is -0.859. The molecule has 0 aromatic heterocycles. The number of hydrogen-bond acceptors (Lipinski definition) is 4. The Balaban J connectivity index is 2.25. The Bertz CT molecular complexity index is 364. The number of carbonyl (C=O) groups is 3. The maximum Gasteiger partial charge on any atom is 0.314 e. The lowest BCUT2D eigenvalue weighted by atomic mass is 9.86. The van der Waals surface area contributed by atoms with Crippen LogP contribution in [0.3, 0.4) is 0 Å². The summed E-state index contributed by atoms with van der Waals surface area (Å²) in [6, 6.07) is -0.457. The summed E-state index contributed by atoms with van der Waals surface area (Å²) in [4.78, 5) is 33.9. The molecule has 1 saturated carbocycles. The van der Waals surface area contributed by atoms with Crippen LogP contribution in [-0.4, -0.2) is 42.8 Å². The summed E-state index contributed by atoms with van der Waals surface area (Å²) in [5.74, 6) is -1.23. The lowest BCUT2D eigenvalue weighted by Crippen LogP contribution is -2.45. The summed E-state index contributed by atoms with van der Waals surface area (Å²) >= 11 is 0. The molecule has 0 radical (unpaired) electrons. The van der Waals surface area contributed by atoms with E-state index in [1.54, 1.807) is 6.92 Å². The van der Waals surface area contributed by atoms with Gasteiger partial charge in [-0.3, -0.25) is 9.59 Å². The molecule has 7 nitrogen and oxygen atoms in total. The molecule has 0 bridgehead atoms. The summed E-state index contributed by atoms with van der Waals surface area (Å²) < 4.78 is 4.72. The van der Waals surface area contributed by atoms with Gasteiger partial charge in [-0.05, 0) is 19.8 Å². The molecular weight excluding hydrogens is 264 g/mol. The second-order valence-electron chi connectivity index (χ2n) is 4.96. The van der Waals surface area contributed by atoms with Gasteiger partial charge in [0.25, 0.3) is 0 Å². The van der Waals surface area contributed by atoms with Crippen molar-refractivity contribution in [2.24, 2.45) is 5.41 Å². The number of amides is 2. The SMILES string of the molecule is CCOC(=O)CCNC(=O)NCC1(C(=O)O)CCCC1. The predicted molar refractivity (Wildman–Crippen MR) is 71.2 cm³/mol. The van der Waals surface area contributed by atoms with Crippen LogP contribution in [0, 0.1) is 5.41 Å². The smallest absolute Gasteiger partial charge is 0.314 e. The fourth-order valence-electron chi connectivity index (χ4n) is 2.34. The quantitative estimate of drug-likeness (QED) is 0.603. The third-order valence-electron chi connectivity index (χ3n) is 3.52. The van der Waals surface area contributed by atoms with E-state index < -0.39 is 17.4 Å². The molecule has 2 amide bonds. The summed E-state index contributed by atoms with van der Waals surface area (Å²) in [6.45, 7) is 2.31. The first-order valence-electron chi connectivity index (χ1n) is 6.91. The molecule has 1 aliphatic carbocycles. The summed E-state index contributed by atoms with van der Waals surface area (Å²) in [6.07, 6.45) is 3.03. The molecule has 7 heteroatoms. The van der Waals surface area contributed by atoms with E-state index in [1.807, 2.05) is 0 Å². The molecule has 0 saturated heterocycles. The molecule has 1 aliphatic rings. The second kappa shape index (κ2) is 7.72. The number of rotatable bonds is 7. The van der Waals surface area contributed by atoms with Gasteiger partial charge in [0, 0.05) is 13.1 Å². The number of urea groups is 1. The van der Waals surface area contributed by atoms with Crippen molar-refractivity contribution in [3.8, 4) is 0 Å². The van der Waals surface area contributed by atoms with E-state index in [9.17, 15) is 19.5 Å². The van der Waals surface area contributed by atoms with Crippen molar-refractivity contribution < 1.29 is 24.2 Å². The number of ether oxygens (including phenoxy) is 1. The van der Waals surface area contributed by atoms with Crippen LogP contribution in [0.2, 0.25) is 0 Å². The molecule has 1 fully saturated rings. The molecule has 0 aromatic carbocycles. The predicted octanol–water partition coefficient (Wildman–Crippen LogP) is 0.884. The molecule has 3 N–H and O–H groups in total. The zero-order valence-electron chi connectivity index (χ0n) is 11.7. The second-order valence-corrected chi connectivity index (χ2v) is 4.96. The lowest BCUT2D eigenvalue weighted by Gasteiger charge is -2.23. The van der Waals surface area contributed by atoms with Crippen molar-refractivity contribution in [3.63, 3.8) is 0 Å². The van der Waals surface area contributed by atoms with Crippen LogP contribution in [-0.2, 0) is 14.3 Å². The highest BCUT2D eigenvalue weighted by Crippen LogP contribution is 2.37. The van der Waals surface area contributed by atoms with Crippen LogP contribution < -0.4 is 10.6 Å². The molecule has 0 heterocycles. The number of carboxylic acid groups (broad SMARTS) is 1. The highest BCUT2D eigenvalue weighted by atomic mass is 16.5. The Morgan fingerprint density at radius 1 is 1.20 bits per heavy atom. The minimum Gasteiger partial charge on any atom is -0.481 e. The van der Waals surface area contributed by atoms with E-state index in [4.69, 9.17) is 4.74 Å². The van der Waals surface area contributed by atoms with Gasteiger partial charge >= 0.3 is 18.0 Å². The van der Waals surface area contributed by atoms with Crippen molar-refractivity contribution in [2.75, 3.05) is 19.7 Å². The summed E-state index contributed by atoms with van der Waals surface area (Å²) in [7, 11) is 0. The van der Waals surface area contributed by atoms with Crippen LogP contribution in [0.5, 0.6) is 0 Å². The van der Waals surface area contributed by atoms with Gasteiger partial charge in [0.15, 0.2) is 0 Å². The number of carbonyl (C=O) groups excluding carboxylic acids is 2. The van der Waals surface area contributed by atoms with Gasteiger partial charge in [0.2, 0.25) is 0 Å². The van der Waals surface area contributed by atoms with Gasteiger partial charge in [-0.2, -0.15) is 0 Å². The van der Waals surface area contributed by atoms with Crippen LogP contribution in [0.4, 0.5) is 4.79 Å². The van der Waals surface area contributed by atoms with Crippen LogP contribution in [0.15, 0.2) is 0 Å². The highest BCUT2D eigenvalue weighted by Gasteiger charge is 2.41. The third kappa shape index (κ3) is 4.71. The summed E-state index contributed by atoms with van der Waals surface area (Å²) in [5, 5.41) is 14.3. The molecule has 114 valence electrons. The first-order chi connectivity index (χ1) is 9.50. The number of aliphatic carboxylic acids is 1. The van der Waals surface area contributed by atoms with E-state index in [0.717, 1.165) is 12.8 Å². The number of nitrogens with one attached hydrogen (secondary N) is 2. The first-order valence-corrected chi connectivity index (χ1v) is 6.91. The third-order valence-corrected chi connectivity index (χ3v) is 3.52. The molecule has 0 unspecified atom stereocenters. The van der Waals surface area contributed by atoms with Gasteiger partial charge in [-0.1, -0.05) is 12.8 Å². The first kappa shape index (κ1) is 16.3. The van der Waals surface area contributed by atoms with Crippen molar-refractivity contribution in [1.82, 2.24) is 10.6 Å². The standard InChI is InChI=1S/C13H22N2O5/c1-2-20-10(16)5-8-14-12(19)15-9-13(11(17)18)6-3-4-7-13/h2-9H2,1H3,(H,17,18)(H2,14,15,19). The minimum absolute atomic E-state index is 0.103. The molecule has 0 atom stereocenters. The van der Waals surface area contributed by atoms with Gasteiger partial charge in [-0.15, -0.1) is 0 Å². The Morgan fingerprint density at radius 3 is 2.40 bits per heavy atom. The monoisotopic (exact) mass is 286 g/mol. The number of esters is 1. The average Bonchev–Trinajstić information content (AvgIpc) is 2.87. The van der Waals surface area contributed by atoms with Gasteiger partial charge in [-0.25, -0.2) is 4.79 Å². The maximum atomic E-state index is 11.5. The normalized spacial score (nSPS) is 16.4. The Hall–Kier alpha value is -1.79. The van der Waals surface area contributed by atoms with Crippen molar-refractivity contribution in [3.05, 3.63) is 0 Å². The van der Waals surface area contributed by atoms with Crippen molar-refractivity contribution in [2.45, 2.75) is 39.0 Å². The van der Waals surface area contributed by atoms with E-state index >= 15 is 0 Å². The van der Waals surface area contributed by atoms with E-state index in [1.165, 1.54) is 0 Å². The molecule has 0 spiro atoms. The maximum absolute atomic E-state index is 11.5. The number of carboxylic acids is 1. The lowest BCUT2D eigenvalue weighted by molar-refractivity contribution is -0.148. The topological polar surface area (TPSA) is 105 Å². The molecular formula is C13H22N2O5. The summed E-state index contributed by atoms with van der Waals surface area (Å²) in [5.41, 5.74) is -0.835. The Labute approximate surface area is 118 Å². The average molecular weight is 286 g/mol. The molecule has 0 aromatic rings. The van der Waals surface area contributed by atoms with Crippen LogP contribution in [0.25, 0.3) is 0 Å². The Kier molecular flexibility index (Phi) is 6.27. The molecule has 1 rings (SSSR count). The zero-order valence-corrected chi connectivity index (χ0v) is 11.7. The van der Waals surface area contributed by atoms with Gasteiger partial charge < -0.3 is 20.5 Å². The largest absolute Gasteiger partial charge is 0.481 e. The highest BCUT2D eigenvalue weighted by molar-refractivity contribution is 5.78. The van der Waals surface area contributed by atoms with Crippen molar-refractivity contribution in [1.29, 1.82) is 0 Å². The van der Waals surface area contributed by atoms with Crippen LogP contribution >= 0.6 is 0 Å². The van der Waals surface area contributed by atoms with Crippen molar-refractivity contribution >= 4 is 18.0 Å². The van der Waals surface area contributed by atoms with Crippen LogP contribution in [0.1, 0.15) is 39.0 Å². The van der Waals surface area contributed by atoms with E-state index in [-0.39, 0.29) is 25.5 Å².